The lowest BCUT2D eigenvalue weighted by molar-refractivity contribution is -0.384. The van der Waals surface area contributed by atoms with Crippen LogP contribution in [-0.2, 0) is 0 Å². The van der Waals surface area contributed by atoms with Gasteiger partial charge in [0.05, 0.1) is 33.4 Å². The molecule has 2 aromatic carbocycles. The summed E-state index contributed by atoms with van der Waals surface area (Å²) >= 11 is 0. The quantitative estimate of drug-likeness (QED) is 0.235. The minimum atomic E-state index is -1.54. The highest BCUT2D eigenvalue weighted by atomic mass is 16.8. The number of carbonyl (C=O) groups is 1. The number of hydrogen-bond donors (Lipinski definition) is 5. The molecule has 3 aromatic rings. The van der Waals surface area contributed by atoms with Crippen LogP contribution in [0.3, 0.4) is 0 Å². The van der Waals surface area contributed by atoms with E-state index in [1.54, 1.807) is 0 Å². The van der Waals surface area contributed by atoms with Crippen LogP contribution in [0, 0.1) is 15.3 Å². The lowest BCUT2D eigenvalue weighted by atomic mass is 10.0. The number of amides is 1. The zero-order valence-corrected chi connectivity index (χ0v) is 18.2. The van der Waals surface area contributed by atoms with E-state index in [0.717, 1.165) is 6.07 Å². The predicted molar refractivity (Wildman–Crippen MR) is 125 cm³/mol. The lowest BCUT2D eigenvalue weighted by Crippen LogP contribution is -2.42. The first-order chi connectivity index (χ1) is 17.2. The number of aliphatic hydroxyl groups excluding tert-OH is 1. The van der Waals surface area contributed by atoms with Crippen LogP contribution in [-0.4, -0.2) is 32.0 Å². The van der Waals surface area contributed by atoms with E-state index in [4.69, 9.17) is 5.21 Å². The van der Waals surface area contributed by atoms with E-state index >= 15 is 0 Å². The van der Waals surface area contributed by atoms with Crippen molar-refractivity contribution in [2.24, 2.45) is 4.99 Å². The molecule has 1 aliphatic heterocycles. The number of nitro benzene ring substituents is 1. The summed E-state index contributed by atoms with van der Waals surface area (Å²) in [6.07, 6.45) is 1.27. The van der Waals surface area contributed by atoms with Gasteiger partial charge in [0.25, 0.3) is 11.6 Å². The zero-order chi connectivity index (χ0) is 25.8. The van der Waals surface area contributed by atoms with Gasteiger partial charge in [0.15, 0.2) is 0 Å². The summed E-state index contributed by atoms with van der Waals surface area (Å²) in [7, 11) is 0. The molecule has 2 heterocycles. The number of aliphatic imine (C=N–C) groups is 1. The molecule has 0 bridgehead atoms. The van der Waals surface area contributed by atoms with Gasteiger partial charge in [-0.3, -0.25) is 40.9 Å². The number of non-ortho nitro benzene ring substituents is 1. The largest absolute Gasteiger partial charge is 0.857 e. The number of benzene rings is 2. The number of nitro groups is 1. The minimum absolute atomic E-state index is 0.0236. The van der Waals surface area contributed by atoms with E-state index in [9.17, 15) is 30.3 Å². The van der Waals surface area contributed by atoms with Gasteiger partial charge < -0.3 is 26.0 Å². The van der Waals surface area contributed by atoms with Crippen molar-refractivity contribution in [2.75, 3.05) is 10.5 Å². The summed E-state index contributed by atoms with van der Waals surface area (Å²) in [5.74, 6) is -1.48. The van der Waals surface area contributed by atoms with E-state index in [1.165, 1.54) is 60.9 Å². The van der Waals surface area contributed by atoms with Crippen molar-refractivity contribution < 1.29 is 25.1 Å². The molecule has 0 saturated heterocycles. The van der Waals surface area contributed by atoms with Crippen LogP contribution >= 0.6 is 0 Å². The van der Waals surface area contributed by atoms with Crippen LogP contribution in [0.15, 0.2) is 83.4 Å². The SMILES string of the molecule is O=C(NNC(=C1Nc2ccc([N+](=O)[O-])cc2N=C1[O-])C(O)c1ccc(N([O-])O)cc1)c1ccncc1. The molecule has 4 rings (SSSR count). The van der Waals surface area contributed by atoms with E-state index in [-0.39, 0.29) is 50.5 Å². The summed E-state index contributed by atoms with van der Waals surface area (Å²) in [5.41, 5.74) is 4.84. The normalized spacial score (nSPS) is 14.5. The molecule has 1 amide bonds. The fourth-order valence-electron chi connectivity index (χ4n) is 3.29. The summed E-state index contributed by atoms with van der Waals surface area (Å²) < 4.78 is 0. The van der Waals surface area contributed by atoms with Gasteiger partial charge in [-0.2, -0.15) is 0 Å². The van der Waals surface area contributed by atoms with Crippen LogP contribution in [0.5, 0.6) is 0 Å². The molecule has 14 heteroatoms. The first-order valence-corrected chi connectivity index (χ1v) is 10.2. The number of fused-ring (bicyclic) bond motifs is 1. The molecule has 36 heavy (non-hydrogen) atoms. The molecule has 184 valence electrons. The van der Waals surface area contributed by atoms with Crippen molar-refractivity contribution in [2.45, 2.75) is 6.10 Å². The fourth-order valence-corrected chi connectivity index (χ4v) is 3.29. The van der Waals surface area contributed by atoms with Gasteiger partial charge in [-0.05, 0) is 35.9 Å². The fraction of sp³-hybridized carbons (Fsp3) is 0.0455. The average molecular weight is 491 g/mol. The van der Waals surface area contributed by atoms with Crippen molar-refractivity contribution in [3.63, 3.8) is 0 Å². The van der Waals surface area contributed by atoms with Crippen LogP contribution in [0.2, 0.25) is 0 Å². The molecular formula is C22H17N7O7-2. The Hall–Kier alpha value is -5.05. The molecule has 0 radical (unpaired) electrons. The molecule has 0 saturated carbocycles. The van der Waals surface area contributed by atoms with Crippen molar-refractivity contribution in [1.82, 2.24) is 15.8 Å². The predicted octanol–water partition coefficient (Wildman–Crippen LogP) is 1.38. The number of hydrogen-bond acceptors (Lipinski definition) is 12. The second-order valence-electron chi connectivity index (χ2n) is 7.37. The number of aromatic nitrogens is 1. The van der Waals surface area contributed by atoms with E-state index in [0.29, 0.717) is 0 Å². The zero-order valence-electron chi connectivity index (χ0n) is 18.2. The smallest absolute Gasteiger partial charge is 0.271 e. The van der Waals surface area contributed by atoms with Gasteiger partial charge >= 0.3 is 0 Å². The highest BCUT2D eigenvalue weighted by Gasteiger charge is 2.24. The second-order valence-corrected chi connectivity index (χ2v) is 7.37. The average Bonchev–Trinajstić information content (AvgIpc) is 2.88. The monoisotopic (exact) mass is 491 g/mol. The van der Waals surface area contributed by atoms with E-state index in [1.807, 2.05) is 0 Å². The topological polar surface area (TPSA) is 211 Å². The maximum atomic E-state index is 12.9. The van der Waals surface area contributed by atoms with E-state index < -0.39 is 22.8 Å². The number of anilines is 2. The molecule has 14 nitrogen and oxygen atoms in total. The number of carbonyl (C=O) groups excluding carboxylic acids is 1. The summed E-state index contributed by atoms with van der Waals surface area (Å²) in [6.45, 7) is 0. The Morgan fingerprint density at radius 2 is 1.78 bits per heavy atom. The lowest BCUT2D eigenvalue weighted by Gasteiger charge is -2.29. The third-order valence-corrected chi connectivity index (χ3v) is 5.11. The molecule has 1 unspecified atom stereocenters. The van der Waals surface area contributed by atoms with Crippen molar-refractivity contribution in [3.05, 3.63) is 105 Å². The molecule has 0 aliphatic carbocycles. The number of nitrogens with one attached hydrogen (secondary N) is 3. The summed E-state index contributed by atoms with van der Waals surface area (Å²) in [4.78, 5) is 30.6. The van der Waals surface area contributed by atoms with Crippen LogP contribution in [0.1, 0.15) is 22.0 Å². The Balaban J connectivity index is 1.71. The third kappa shape index (κ3) is 5.05. The highest BCUT2D eigenvalue weighted by molar-refractivity contribution is 6.01. The van der Waals surface area contributed by atoms with Gasteiger partial charge in [0.2, 0.25) is 0 Å². The van der Waals surface area contributed by atoms with Gasteiger partial charge in [-0.1, -0.05) is 12.1 Å². The minimum Gasteiger partial charge on any atom is -0.857 e. The molecule has 1 aliphatic rings. The number of aliphatic hydroxyl groups is 1. The molecule has 1 atom stereocenters. The van der Waals surface area contributed by atoms with Gasteiger partial charge in [0, 0.05) is 36.0 Å². The second kappa shape index (κ2) is 10.1. The van der Waals surface area contributed by atoms with Gasteiger partial charge in [0.1, 0.15) is 6.10 Å². The van der Waals surface area contributed by atoms with Crippen molar-refractivity contribution in [1.29, 1.82) is 0 Å². The maximum Gasteiger partial charge on any atom is 0.271 e. The van der Waals surface area contributed by atoms with Crippen molar-refractivity contribution in [3.8, 4) is 0 Å². The summed E-state index contributed by atoms with van der Waals surface area (Å²) in [6, 6.07) is 11.7. The number of pyridine rings is 1. The number of nitrogens with zero attached hydrogens (tertiary/aromatic N) is 4. The molecule has 5 N–H and O–H groups in total. The Morgan fingerprint density at radius 3 is 2.42 bits per heavy atom. The first-order valence-electron chi connectivity index (χ1n) is 10.2. The molecule has 1 aromatic heterocycles. The Kier molecular flexibility index (Phi) is 6.73. The number of rotatable bonds is 7. The summed E-state index contributed by atoms with van der Waals surface area (Å²) in [5, 5.41) is 57.5. The van der Waals surface area contributed by atoms with Gasteiger partial charge in [-0.15, -0.1) is 0 Å². The highest BCUT2D eigenvalue weighted by Crippen LogP contribution is 2.35. The standard InChI is InChI=1S/C22H18N7O7/c30-20(12-1-3-14(4-2-12)28(33)34)18(26-27-21(31)13-7-9-23-10-8-13)19-22(32)25-17-11-15(29(35)36)5-6-16(17)24-19/h1-11,20,24,26,30,33H,(H,25,32)(H,27,31)/q-1/p-1. The Morgan fingerprint density at radius 1 is 1.08 bits per heavy atom. The molecular weight excluding hydrogens is 474 g/mol. The number of hydrazine groups is 1. The van der Waals surface area contributed by atoms with Crippen LogP contribution in [0.4, 0.5) is 22.7 Å². The van der Waals surface area contributed by atoms with Gasteiger partial charge in [-0.25, -0.2) is 0 Å². The molecule has 0 spiro atoms. The molecule has 0 fully saturated rings. The Labute approximate surface area is 202 Å². The first kappa shape index (κ1) is 24.1. The van der Waals surface area contributed by atoms with Crippen LogP contribution < -0.4 is 26.5 Å². The van der Waals surface area contributed by atoms with E-state index in [2.05, 4.69) is 26.1 Å². The van der Waals surface area contributed by atoms with Crippen LogP contribution in [0.25, 0.3) is 0 Å². The van der Waals surface area contributed by atoms with Crippen molar-refractivity contribution >= 4 is 34.6 Å². The Bertz CT molecular complexity index is 1360. The third-order valence-electron chi connectivity index (χ3n) is 5.11. The maximum absolute atomic E-state index is 12.9.